The van der Waals surface area contributed by atoms with Crippen molar-refractivity contribution in [3.8, 4) is 0 Å². The number of aliphatic hydroxyl groups is 1. The maximum absolute atomic E-state index is 11.8. The van der Waals surface area contributed by atoms with Gasteiger partial charge in [-0.3, -0.25) is 9.89 Å². The second kappa shape index (κ2) is 6.26. The number of carbonyl (C=O) groups is 1. The van der Waals surface area contributed by atoms with Crippen molar-refractivity contribution in [1.82, 2.24) is 15.5 Å². The van der Waals surface area contributed by atoms with E-state index >= 15 is 0 Å². The molecule has 1 amide bonds. The number of hydrogen-bond donors (Lipinski definition) is 3. The minimum absolute atomic E-state index is 0.0338. The first-order chi connectivity index (χ1) is 9.47. The quantitative estimate of drug-likeness (QED) is 0.811. The summed E-state index contributed by atoms with van der Waals surface area (Å²) in [6.45, 7) is 1.83. The number of H-pyrrole nitrogens is 1. The summed E-state index contributed by atoms with van der Waals surface area (Å²) in [6, 6.07) is 6.42. The molecule has 2 aromatic rings. The van der Waals surface area contributed by atoms with Crippen LogP contribution in [0.25, 0.3) is 0 Å². The molecule has 3 N–H and O–H groups in total. The Morgan fingerprint density at radius 2 is 2.20 bits per heavy atom. The van der Waals surface area contributed by atoms with E-state index in [2.05, 4.69) is 15.5 Å². The first-order valence-corrected chi connectivity index (χ1v) is 6.66. The zero-order chi connectivity index (χ0) is 14.7. The van der Waals surface area contributed by atoms with Gasteiger partial charge in [0.25, 0.3) is 5.91 Å². The molecule has 106 valence electrons. The van der Waals surface area contributed by atoms with E-state index in [9.17, 15) is 9.90 Å². The number of amides is 1. The number of nitrogens with one attached hydrogen (secondary N) is 2. The van der Waals surface area contributed by atoms with Crippen molar-refractivity contribution in [2.45, 2.75) is 13.0 Å². The molecule has 0 aliphatic carbocycles. The van der Waals surface area contributed by atoms with E-state index in [-0.39, 0.29) is 18.1 Å². The number of aliphatic hydroxyl groups excluding tert-OH is 1. The Labute approximate surface area is 125 Å². The van der Waals surface area contributed by atoms with Crippen LogP contribution >= 0.6 is 23.2 Å². The van der Waals surface area contributed by atoms with Crippen LogP contribution in [0.3, 0.4) is 0 Å². The third-order valence-corrected chi connectivity index (χ3v) is 3.28. The lowest BCUT2D eigenvalue weighted by atomic mass is 10.1. The molecule has 0 fully saturated rings. The number of hydrogen-bond acceptors (Lipinski definition) is 3. The van der Waals surface area contributed by atoms with Crippen molar-refractivity contribution in [3.63, 3.8) is 0 Å². The third kappa shape index (κ3) is 3.50. The number of nitrogens with zero attached hydrogens (tertiary/aromatic N) is 1. The number of halogens is 2. The fraction of sp³-hybridized carbons (Fsp3) is 0.231. The van der Waals surface area contributed by atoms with Gasteiger partial charge in [0.15, 0.2) is 0 Å². The maximum atomic E-state index is 11.8. The zero-order valence-electron chi connectivity index (χ0n) is 10.7. The summed E-state index contributed by atoms with van der Waals surface area (Å²) in [4.78, 5) is 11.8. The van der Waals surface area contributed by atoms with Gasteiger partial charge in [0, 0.05) is 27.8 Å². The maximum Gasteiger partial charge on any atom is 0.271 e. The van der Waals surface area contributed by atoms with Crippen LogP contribution in [0, 0.1) is 6.92 Å². The minimum atomic E-state index is -0.913. The molecular formula is C13H13Cl2N3O2. The van der Waals surface area contributed by atoms with Crippen molar-refractivity contribution < 1.29 is 9.90 Å². The number of aryl methyl sites for hydroxylation is 1. The molecule has 7 heteroatoms. The van der Waals surface area contributed by atoms with Crippen molar-refractivity contribution in [3.05, 3.63) is 51.3 Å². The topological polar surface area (TPSA) is 78.0 Å². The van der Waals surface area contributed by atoms with Crippen LogP contribution in [0.4, 0.5) is 0 Å². The van der Waals surface area contributed by atoms with Gasteiger partial charge >= 0.3 is 0 Å². The second-order valence-corrected chi connectivity index (χ2v) is 5.17. The van der Waals surface area contributed by atoms with Crippen LogP contribution in [-0.4, -0.2) is 27.8 Å². The van der Waals surface area contributed by atoms with E-state index in [1.807, 2.05) is 0 Å². The lowest BCUT2D eigenvalue weighted by Crippen LogP contribution is -2.28. The zero-order valence-corrected chi connectivity index (χ0v) is 12.2. The van der Waals surface area contributed by atoms with Crippen LogP contribution in [0.5, 0.6) is 0 Å². The van der Waals surface area contributed by atoms with Crippen molar-refractivity contribution >= 4 is 29.1 Å². The van der Waals surface area contributed by atoms with E-state index < -0.39 is 6.10 Å². The predicted octanol–water partition coefficient (Wildman–Crippen LogP) is 2.49. The predicted molar refractivity (Wildman–Crippen MR) is 77.1 cm³/mol. The fourth-order valence-corrected chi connectivity index (χ4v) is 2.23. The number of aromatic nitrogens is 2. The van der Waals surface area contributed by atoms with Gasteiger partial charge in [0.05, 0.1) is 6.10 Å². The van der Waals surface area contributed by atoms with Gasteiger partial charge in [-0.25, -0.2) is 0 Å². The minimum Gasteiger partial charge on any atom is -0.387 e. The Balaban J connectivity index is 1.98. The van der Waals surface area contributed by atoms with Crippen LogP contribution in [0.1, 0.15) is 27.8 Å². The molecule has 1 aromatic heterocycles. The summed E-state index contributed by atoms with van der Waals surface area (Å²) in [7, 11) is 0. The molecule has 0 saturated heterocycles. The van der Waals surface area contributed by atoms with E-state index in [0.717, 1.165) is 5.69 Å². The molecule has 0 aliphatic rings. The second-order valence-electron chi connectivity index (χ2n) is 4.33. The average molecular weight is 314 g/mol. The number of rotatable bonds is 4. The molecule has 0 bridgehead atoms. The van der Waals surface area contributed by atoms with Crippen LogP contribution < -0.4 is 5.32 Å². The molecule has 1 unspecified atom stereocenters. The molecule has 1 heterocycles. The van der Waals surface area contributed by atoms with Crippen molar-refractivity contribution in [2.24, 2.45) is 0 Å². The highest BCUT2D eigenvalue weighted by molar-refractivity contribution is 6.35. The van der Waals surface area contributed by atoms with E-state index in [0.29, 0.717) is 15.6 Å². The van der Waals surface area contributed by atoms with Gasteiger partial charge in [-0.1, -0.05) is 29.3 Å². The van der Waals surface area contributed by atoms with Crippen molar-refractivity contribution in [1.29, 1.82) is 0 Å². The largest absolute Gasteiger partial charge is 0.387 e. The highest BCUT2D eigenvalue weighted by atomic mass is 35.5. The molecule has 1 atom stereocenters. The Kier molecular flexibility index (Phi) is 4.65. The van der Waals surface area contributed by atoms with Crippen LogP contribution in [-0.2, 0) is 0 Å². The molecule has 0 saturated carbocycles. The summed E-state index contributed by atoms with van der Waals surface area (Å²) < 4.78 is 0. The summed E-state index contributed by atoms with van der Waals surface area (Å²) >= 11 is 11.8. The van der Waals surface area contributed by atoms with Gasteiger partial charge < -0.3 is 10.4 Å². The number of benzene rings is 1. The van der Waals surface area contributed by atoms with Crippen LogP contribution in [0.2, 0.25) is 10.0 Å². The van der Waals surface area contributed by atoms with E-state index in [1.54, 1.807) is 31.2 Å². The Bertz CT molecular complexity index is 628. The normalized spacial score (nSPS) is 12.2. The van der Waals surface area contributed by atoms with Gasteiger partial charge in [0.1, 0.15) is 5.69 Å². The highest BCUT2D eigenvalue weighted by Gasteiger charge is 2.15. The standard InChI is InChI=1S/C13H13Cl2N3O2/c1-7-4-11(18-17-7)13(20)16-6-12(19)9-3-2-8(14)5-10(9)15/h2-5,12,19H,6H2,1H3,(H,16,20)(H,17,18). The molecule has 20 heavy (non-hydrogen) atoms. The summed E-state index contributed by atoms with van der Waals surface area (Å²) in [5.74, 6) is -0.363. The van der Waals surface area contributed by atoms with Crippen LogP contribution in [0.15, 0.2) is 24.3 Å². The SMILES string of the molecule is Cc1cc(C(=O)NCC(O)c2ccc(Cl)cc2Cl)n[nH]1. The van der Waals surface area contributed by atoms with Gasteiger partial charge in [0.2, 0.25) is 0 Å². The third-order valence-electron chi connectivity index (χ3n) is 2.72. The lowest BCUT2D eigenvalue weighted by Gasteiger charge is -2.13. The smallest absolute Gasteiger partial charge is 0.271 e. The van der Waals surface area contributed by atoms with Crippen molar-refractivity contribution in [2.75, 3.05) is 6.54 Å². The highest BCUT2D eigenvalue weighted by Crippen LogP contribution is 2.25. The lowest BCUT2D eigenvalue weighted by molar-refractivity contribution is 0.0911. The first-order valence-electron chi connectivity index (χ1n) is 5.90. The summed E-state index contributed by atoms with van der Waals surface area (Å²) in [6.07, 6.45) is -0.913. The molecule has 0 spiro atoms. The Morgan fingerprint density at radius 1 is 1.45 bits per heavy atom. The molecule has 5 nitrogen and oxygen atoms in total. The van der Waals surface area contributed by atoms with E-state index in [1.165, 1.54) is 0 Å². The Morgan fingerprint density at radius 3 is 2.80 bits per heavy atom. The molecular weight excluding hydrogens is 301 g/mol. The number of carbonyl (C=O) groups excluding carboxylic acids is 1. The van der Waals surface area contributed by atoms with Gasteiger partial charge in [-0.15, -0.1) is 0 Å². The number of aromatic amines is 1. The van der Waals surface area contributed by atoms with Gasteiger partial charge in [-0.2, -0.15) is 5.10 Å². The molecule has 1 aromatic carbocycles. The summed E-state index contributed by atoms with van der Waals surface area (Å²) in [5, 5.41) is 20.0. The van der Waals surface area contributed by atoms with Gasteiger partial charge in [-0.05, 0) is 25.1 Å². The summed E-state index contributed by atoms with van der Waals surface area (Å²) in [5.41, 5.74) is 1.57. The molecule has 0 aliphatic heterocycles. The monoisotopic (exact) mass is 313 g/mol. The molecule has 2 rings (SSSR count). The first kappa shape index (κ1) is 14.8. The van der Waals surface area contributed by atoms with E-state index in [4.69, 9.17) is 23.2 Å². The Hall–Kier alpha value is -1.56. The fourth-order valence-electron chi connectivity index (χ4n) is 1.70. The average Bonchev–Trinajstić information content (AvgIpc) is 2.82. The molecule has 0 radical (unpaired) electrons.